The molecule has 0 heterocycles. The van der Waals surface area contributed by atoms with Crippen molar-refractivity contribution in [2.45, 2.75) is 43.9 Å². The molecule has 2 rings (SSSR count). The summed E-state index contributed by atoms with van der Waals surface area (Å²) in [5.74, 6) is -0.288. The van der Waals surface area contributed by atoms with Crippen LogP contribution in [0.4, 0.5) is 0 Å². The summed E-state index contributed by atoms with van der Waals surface area (Å²) in [5.41, 5.74) is 1.17. The molecule has 0 saturated carbocycles. The van der Waals surface area contributed by atoms with E-state index in [1.807, 2.05) is 12.1 Å². The van der Waals surface area contributed by atoms with Crippen LogP contribution in [0.3, 0.4) is 0 Å². The van der Waals surface area contributed by atoms with Crippen LogP contribution in [0.15, 0.2) is 53.4 Å². The van der Waals surface area contributed by atoms with E-state index >= 15 is 0 Å². The summed E-state index contributed by atoms with van der Waals surface area (Å²) in [6, 6.07) is 12.2. The van der Waals surface area contributed by atoms with Crippen LogP contribution in [0, 0.1) is 0 Å². The van der Waals surface area contributed by atoms with Gasteiger partial charge in [0.2, 0.25) is 0 Å². The maximum absolute atomic E-state index is 12.0. The third-order valence-corrected chi connectivity index (χ3v) is 5.27. The molecule has 0 aromatic heterocycles. The minimum Gasteiger partial charge on any atom is -0.462 e. The van der Waals surface area contributed by atoms with Crippen LogP contribution >= 0.6 is 0 Å². The van der Waals surface area contributed by atoms with Crippen molar-refractivity contribution < 1.29 is 32.0 Å². The van der Waals surface area contributed by atoms with Gasteiger partial charge in [-0.05, 0) is 54.7 Å². The Bertz CT molecular complexity index is 949. The SMILES string of the molecule is CCC(C)c1ccc(OC(=O)CCCOC(=O)c2cccc(S(=O)(=O)O)c2)cc1. The molecule has 0 aliphatic carbocycles. The van der Waals surface area contributed by atoms with E-state index in [4.69, 9.17) is 14.0 Å². The number of rotatable bonds is 9. The van der Waals surface area contributed by atoms with Gasteiger partial charge in [0.05, 0.1) is 17.1 Å². The summed E-state index contributed by atoms with van der Waals surface area (Å²) >= 11 is 0. The van der Waals surface area contributed by atoms with Gasteiger partial charge in [-0.3, -0.25) is 9.35 Å². The zero-order chi connectivity index (χ0) is 21.4. The average Bonchev–Trinajstić information content (AvgIpc) is 2.70. The second kappa shape index (κ2) is 10.2. The van der Waals surface area contributed by atoms with Crippen LogP contribution in [0.25, 0.3) is 0 Å². The molecule has 29 heavy (non-hydrogen) atoms. The molecule has 0 aliphatic rings. The van der Waals surface area contributed by atoms with E-state index in [0.29, 0.717) is 11.7 Å². The minimum atomic E-state index is -4.40. The summed E-state index contributed by atoms with van der Waals surface area (Å²) in [6.07, 6.45) is 1.34. The third-order valence-electron chi connectivity index (χ3n) is 4.42. The van der Waals surface area contributed by atoms with Crippen LogP contribution in [0.2, 0.25) is 0 Å². The van der Waals surface area contributed by atoms with Crippen LogP contribution < -0.4 is 4.74 Å². The van der Waals surface area contributed by atoms with E-state index < -0.39 is 27.0 Å². The molecule has 156 valence electrons. The molecule has 1 unspecified atom stereocenters. The Balaban J connectivity index is 1.77. The van der Waals surface area contributed by atoms with Crippen molar-refractivity contribution in [2.24, 2.45) is 0 Å². The van der Waals surface area contributed by atoms with E-state index in [0.717, 1.165) is 18.6 Å². The molecule has 1 N–H and O–H groups in total. The van der Waals surface area contributed by atoms with Crippen molar-refractivity contribution in [2.75, 3.05) is 6.61 Å². The van der Waals surface area contributed by atoms with Crippen LogP contribution in [-0.4, -0.2) is 31.5 Å². The van der Waals surface area contributed by atoms with Crippen LogP contribution in [0.1, 0.15) is 54.9 Å². The number of carbonyl (C=O) groups excluding carboxylic acids is 2. The highest BCUT2D eigenvalue weighted by atomic mass is 32.2. The summed E-state index contributed by atoms with van der Waals surface area (Å²) in [6.45, 7) is 4.20. The third kappa shape index (κ3) is 6.99. The molecule has 1 atom stereocenters. The largest absolute Gasteiger partial charge is 0.462 e. The Morgan fingerprint density at radius 3 is 2.41 bits per heavy atom. The number of benzene rings is 2. The summed E-state index contributed by atoms with van der Waals surface area (Å²) in [7, 11) is -4.40. The van der Waals surface area contributed by atoms with Crippen molar-refractivity contribution in [1.29, 1.82) is 0 Å². The molecular weight excluding hydrogens is 396 g/mol. The topological polar surface area (TPSA) is 107 Å². The Labute approximate surface area is 170 Å². The zero-order valence-electron chi connectivity index (χ0n) is 16.3. The van der Waals surface area contributed by atoms with Gasteiger partial charge in [-0.25, -0.2) is 4.79 Å². The smallest absolute Gasteiger partial charge is 0.338 e. The average molecular weight is 420 g/mol. The van der Waals surface area contributed by atoms with E-state index in [1.54, 1.807) is 12.1 Å². The molecule has 8 heteroatoms. The summed E-state index contributed by atoms with van der Waals surface area (Å²) < 4.78 is 41.5. The molecule has 2 aromatic carbocycles. The predicted octanol–water partition coefficient (Wildman–Crippen LogP) is 3.99. The molecule has 0 radical (unpaired) electrons. The minimum absolute atomic E-state index is 0.0101. The molecular formula is C21H24O7S. The van der Waals surface area contributed by atoms with Crippen molar-refractivity contribution in [3.05, 3.63) is 59.7 Å². The second-order valence-corrected chi connectivity index (χ2v) is 8.02. The lowest BCUT2D eigenvalue weighted by Gasteiger charge is -2.10. The first kappa shape index (κ1) is 22.6. The fourth-order valence-corrected chi connectivity index (χ4v) is 3.06. The number of hydrogen-bond acceptors (Lipinski definition) is 6. The normalized spacial score (nSPS) is 12.2. The van der Waals surface area contributed by atoms with Gasteiger partial charge in [0.25, 0.3) is 10.1 Å². The summed E-state index contributed by atoms with van der Waals surface area (Å²) in [4.78, 5) is 23.5. The Morgan fingerprint density at radius 1 is 1.10 bits per heavy atom. The first-order valence-electron chi connectivity index (χ1n) is 9.26. The lowest BCUT2D eigenvalue weighted by molar-refractivity contribution is -0.134. The van der Waals surface area contributed by atoms with Crippen LogP contribution in [0.5, 0.6) is 5.75 Å². The van der Waals surface area contributed by atoms with E-state index in [9.17, 15) is 18.0 Å². The molecule has 0 fully saturated rings. The molecule has 0 aliphatic heterocycles. The Kier molecular flexibility index (Phi) is 7.92. The lowest BCUT2D eigenvalue weighted by Crippen LogP contribution is -2.12. The highest BCUT2D eigenvalue weighted by molar-refractivity contribution is 7.85. The number of carbonyl (C=O) groups is 2. The molecule has 0 saturated heterocycles. The van der Waals surface area contributed by atoms with E-state index in [-0.39, 0.29) is 25.0 Å². The van der Waals surface area contributed by atoms with Gasteiger partial charge in [-0.2, -0.15) is 8.42 Å². The number of ether oxygens (including phenoxy) is 2. The molecule has 0 amide bonds. The quantitative estimate of drug-likeness (QED) is 0.283. The van der Waals surface area contributed by atoms with Gasteiger partial charge >= 0.3 is 11.9 Å². The van der Waals surface area contributed by atoms with Crippen molar-refractivity contribution in [3.8, 4) is 5.75 Å². The van der Waals surface area contributed by atoms with Crippen LogP contribution in [-0.2, 0) is 19.6 Å². The monoisotopic (exact) mass is 420 g/mol. The first-order chi connectivity index (χ1) is 13.7. The van der Waals surface area contributed by atoms with Gasteiger partial charge in [0, 0.05) is 6.42 Å². The Morgan fingerprint density at radius 2 is 1.79 bits per heavy atom. The second-order valence-electron chi connectivity index (χ2n) is 6.59. The zero-order valence-corrected chi connectivity index (χ0v) is 17.1. The van der Waals surface area contributed by atoms with Gasteiger partial charge in [0.1, 0.15) is 5.75 Å². The van der Waals surface area contributed by atoms with Crippen molar-refractivity contribution in [3.63, 3.8) is 0 Å². The maximum Gasteiger partial charge on any atom is 0.338 e. The van der Waals surface area contributed by atoms with Gasteiger partial charge in [-0.15, -0.1) is 0 Å². The van der Waals surface area contributed by atoms with E-state index in [1.165, 1.54) is 17.7 Å². The summed E-state index contributed by atoms with van der Waals surface area (Å²) in [5, 5.41) is 0. The van der Waals surface area contributed by atoms with Gasteiger partial charge in [-0.1, -0.05) is 32.0 Å². The van der Waals surface area contributed by atoms with Gasteiger partial charge in [0.15, 0.2) is 0 Å². The highest BCUT2D eigenvalue weighted by Gasteiger charge is 2.14. The van der Waals surface area contributed by atoms with Crippen molar-refractivity contribution >= 4 is 22.1 Å². The fraction of sp³-hybridized carbons (Fsp3) is 0.333. The number of hydrogen-bond donors (Lipinski definition) is 1. The highest BCUT2D eigenvalue weighted by Crippen LogP contribution is 2.21. The Hall–Kier alpha value is -2.71. The van der Waals surface area contributed by atoms with E-state index in [2.05, 4.69) is 13.8 Å². The maximum atomic E-state index is 12.0. The van der Waals surface area contributed by atoms with Crippen molar-refractivity contribution in [1.82, 2.24) is 0 Å². The molecule has 2 aromatic rings. The standard InChI is InChI=1S/C21H24O7S/c1-3-15(2)16-9-11-18(12-10-16)28-20(22)8-5-13-27-21(23)17-6-4-7-19(14-17)29(24,25)26/h4,6-7,9-12,14-15H,3,5,8,13H2,1-2H3,(H,24,25,26). The fourth-order valence-electron chi connectivity index (χ4n) is 2.53. The number of esters is 2. The predicted molar refractivity (Wildman–Crippen MR) is 107 cm³/mol. The lowest BCUT2D eigenvalue weighted by atomic mass is 9.99. The van der Waals surface area contributed by atoms with Gasteiger partial charge < -0.3 is 9.47 Å². The molecule has 0 spiro atoms. The first-order valence-corrected chi connectivity index (χ1v) is 10.7. The molecule has 7 nitrogen and oxygen atoms in total. The molecule has 0 bridgehead atoms.